The zero-order chi connectivity index (χ0) is 18.5. The third-order valence-corrected chi connectivity index (χ3v) is 6.12. The van der Waals surface area contributed by atoms with Crippen LogP contribution in [0, 0.1) is 0 Å². The number of thiazole rings is 1. The van der Waals surface area contributed by atoms with E-state index >= 15 is 0 Å². The molecule has 2 aromatic heterocycles. The lowest BCUT2D eigenvalue weighted by Gasteiger charge is -2.12. The van der Waals surface area contributed by atoms with Crippen LogP contribution in [-0.2, 0) is 13.6 Å². The van der Waals surface area contributed by atoms with E-state index in [2.05, 4.69) is 9.88 Å². The van der Waals surface area contributed by atoms with E-state index in [0.717, 1.165) is 41.2 Å². The molecule has 0 bridgehead atoms. The first-order valence-corrected chi connectivity index (χ1v) is 9.67. The van der Waals surface area contributed by atoms with Crippen LogP contribution in [0.1, 0.15) is 18.4 Å². The fraction of sp³-hybridized carbons (Fsp3) is 0.389. The van der Waals surface area contributed by atoms with Crippen molar-refractivity contribution in [3.63, 3.8) is 0 Å². The number of rotatable bonds is 3. The first-order valence-electron chi connectivity index (χ1n) is 8.85. The molecular weight excluding hydrogens is 368 g/mol. The first-order chi connectivity index (χ1) is 13.1. The molecule has 0 spiro atoms. The second-order valence-corrected chi connectivity index (χ2v) is 7.74. The number of anilines is 1. The van der Waals surface area contributed by atoms with E-state index in [0.29, 0.717) is 28.4 Å². The summed E-state index contributed by atoms with van der Waals surface area (Å²) in [6, 6.07) is 5.59. The van der Waals surface area contributed by atoms with E-state index in [-0.39, 0.29) is 18.0 Å². The van der Waals surface area contributed by atoms with Crippen LogP contribution >= 0.6 is 11.3 Å². The number of aromatic nitrogens is 3. The van der Waals surface area contributed by atoms with Gasteiger partial charge in [0, 0.05) is 20.1 Å². The van der Waals surface area contributed by atoms with E-state index in [4.69, 9.17) is 9.47 Å². The number of hydrogen-bond acceptors (Lipinski definition) is 7. The molecule has 0 radical (unpaired) electrons. The van der Waals surface area contributed by atoms with Gasteiger partial charge in [0.15, 0.2) is 22.3 Å². The lowest BCUT2D eigenvalue weighted by molar-refractivity contribution is 0.174. The number of hydrogen-bond donors (Lipinski definition) is 0. The molecule has 0 amide bonds. The van der Waals surface area contributed by atoms with Crippen LogP contribution in [0.25, 0.3) is 10.3 Å². The van der Waals surface area contributed by atoms with E-state index in [1.165, 1.54) is 18.4 Å². The largest absolute Gasteiger partial charge is 0.454 e. The van der Waals surface area contributed by atoms with Gasteiger partial charge in [-0.2, -0.15) is 0 Å². The molecule has 5 rings (SSSR count). The summed E-state index contributed by atoms with van der Waals surface area (Å²) in [5.74, 6) is 1.36. The summed E-state index contributed by atoms with van der Waals surface area (Å²) in [4.78, 5) is 32.2. The lowest BCUT2D eigenvalue weighted by atomic mass is 10.2. The molecule has 140 valence electrons. The summed E-state index contributed by atoms with van der Waals surface area (Å²) >= 11 is 1.37. The molecule has 9 heteroatoms. The van der Waals surface area contributed by atoms with Gasteiger partial charge in [-0.05, 0) is 30.5 Å². The summed E-state index contributed by atoms with van der Waals surface area (Å²) in [6.45, 7) is 2.39. The SMILES string of the molecule is Cn1c(=O)c2sc(N3CCCC3)nc2n(Cc2ccc3c(c2)OCO3)c1=O. The van der Waals surface area contributed by atoms with Gasteiger partial charge in [0.1, 0.15) is 4.70 Å². The van der Waals surface area contributed by atoms with E-state index in [9.17, 15) is 9.59 Å². The van der Waals surface area contributed by atoms with Gasteiger partial charge >= 0.3 is 5.69 Å². The van der Waals surface area contributed by atoms with Crippen LogP contribution in [0.2, 0.25) is 0 Å². The summed E-state index contributed by atoms with van der Waals surface area (Å²) in [7, 11) is 1.51. The molecule has 0 atom stereocenters. The van der Waals surface area contributed by atoms with Gasteiger partial charge in [0.2, 0.25) is 6.79 Å². The molecule has 1 saturated heterocycles. The molecule has 1 fully saturated rings. The Hall–Kier alpha value is -2.81. The van der Waals surface area contributed by atoms with Gasteiger partial charge < -0.3 is 14.4 Å². The van der Waals surface area contributed by atoms with Crippen molar-refractivity contribution in [1.29, 1.82) is 0 Å². The maximum absolute atomic E-state index is 12.8. The monoisotopic (exact) mass is 386 g/mol. The van der Waals surface area contributed by atoms with Crippen LogP contribution in [0.15, 0.2) is 27.8 Å². The summed E-state index contributed by atoms with van der Waals surface area (Å²) in [5.41, 5.74) is 0.674. The Morgan fingerprint density at radius 3 is 2.74 bits per heavy atom. The highest BCUT2D eigenvalue weighted by Gasteiger charge is 2.22. The van der Waals surface area contributed by atoms with E-state index in [1.54, 1.807) is 4.57 Å². The van der Waals surface area contributed by atoms with Crippen molar-refractivity contribution in [2.75, 3.05) is 24.8 Å². The summed E-state index contributed by atoms with van der Waals surface area (Å²) in [5, 5.41) is 0.810. The third-order valence-electron chi connectivity index (χ3n) is 5.02. The average molecular weight is 386 g/mol. The highest BCUT2D eigenvalue weighted by molar-refractivity contribution is 7.22. The molecule has 0 aliphatic carbocycles. The topological polar surface area (TPSA) is 78.6 Å². The van der Waals surface area contributed by atoms with Crippen LogP contribution in [0.3, 0.4) is 0 Å². The molecule has 1 aromatic carbocycles. The van der Waals surface area contributed by atoms with Gasteiger partial charge in [0.25, 0.3) is 5.56 Å². The Bertz CT molecular complexity index is 1160. The van der Waals surface area contributed by atoms with Crippen molar-refractivity contribution in [3.05, 3.63) is 44.6 Å². The fourth-order valence-electron chi connectivity index (χ4n) is 3.54. The maximum atomic E-state index is 12.8. The molecule has 2 aliphatic heterocycles. The van der Waals surface area contributed by atoms with Gasteiger partial charge in [-0.1, -0.05) is 17.4 Å². The molecular formula is C18H18N4O4S. The highest BCUT2D eigenvalue weighted by Crippen LogP contribution is 2.33. The number of fused-ring (bicyclic) bond motifs is 2. The van der Waals surface area contributed by atoms with Gasteiger partial charge in [-0.3, -0.25) is 13.9 Å². The predicted octanol–water partition coefficient (Wildman–Crippen LogP) is 1.53. The van der Waals surface area contributed by atoms with E-state index in [1.807, 2.05) is 18.2 Å². The van der Waals surface area contributed by atoms with Crippen molar-refractivity contribution >= 4 is 26.8 Å². The second kappa shape index (κ2) is 6.12. The molecule has 2 aliphatic rings. The van der Waals surface area contributed by atoms with Gasteiger partial charge in [0.05, 0.1) is 6.54 Å². The quantitative estimate of drug-likeness (QED) is 0.679. The minimum Gasteiger partial charge on any atom is -0.454 e. The third kappa shape index (κ3) is 2.61. The van der Waals surface area contributed by atoms with Crippen molar-refractivity contribution in [2.45, 2.75) is 19.4 Å². The molecule has 0 saturated carbocycles. The summed E-state index contributed by atoms with van der Waals surface area (Å²) in [6.07, 6.45) is 2.25. The lowest BCUT2D eigenvalue weighted by Crippen LogP contribution is -2.38. The van der Waals surface area contributed by atoms with Crippen LogP contribution in [-0.4, -0.2) is 34.0 Å². The zero-order valence-electron chi connectivity index (χ0n) is 14.8. The average Bonchev–Trinajstić information content (AvgIpc) is 3.42. The van der Waals surface area contributed by atoms with Crippen molar-refractivity contribution in [1.82, 2.24) is 14.1 Å². The van der Waals surface area contributed by atoms with Gasteiger partial charge in [-0.15, -0.1) is 0 Å². The second-order valence-electron chi connectivity index (χ2n) is 6.76. The number of nitrogens with zero attached hydrogens (tertiary/aromatic N) is 4. The number of ether oxygens (including phenoxy) is 2. The Kier molecular flexibility index (Phi) is 3.71. The predicted molar refractivity (Wildman–Crippen MR) is 102 cm³/mol. The Balaban J connectivity index is 1.64. The normalized spacial score (nSPS) is 15.8. The van der Waals surface area contributed by atoms with Crippen molar-refractivity contribution in [3.8, 4) is 11.5 Å². The fourth-order valence-corrected chi connectivity index (χ4v) is 4.64. The highest BCUT2D eigenvalue weighted by atomic mass is 32.1. The minimum absolute atomic E-state index is 0.202. The standard InChI is InChI=1S/C18H18N4O4S/c1-20-16(23)14-15(19-17(27-14)21-6-2-3-7-21)22(18(20)24)9-11-4-5-12-13(8-11)26-10-25-12/h4-5,8H,2-3,6-7,9-10H2,1H3. The van der Waals surface area contributed by atoms with Crippen LogP contribution in [0.5, 0.6) is 11.5 Å². The van der Waals surface area contributed by atoms with Gasteiger partial charge in [-0.25, -0.2) is 9.78 Å². The van der Waals surface area contributed by atoms with Crippen LogP contribution < -0.4 is 25.6 Å². The summed E-state index contributed by atoms with van der Waals surface area (Å²) < 4.78 is 14.0. The Labute approximate surface area is 158 Å². The molecule has 8 nitrogen and oxygen atoms in total. The molecule has 0 unspecified atom stereocenters. The Morgan fingerprint density at radius 2 is 1.93 bits per heavy atom. The van der Waals surface area contributed by atoms with Crippen molar-refractivity contribution < 1.29 is 9.47 Å². The molecule has 4 heterocycles. The smallest absolute Gasteiger partial charge is 0.332 e. The van der Waals surface area contributed by atoms with Crippen molar-refractivity contribution in [2.24, 2.45) is 7.05 Å². The van der Waals surface area contributed by atoms with E-state index < -0.39 is 0 Å². The number of benzene rings is 1. The molecule has 3 aromatic rings. The minimum atomic E-state index is -0.372. The Morgan fingerprint density at radius 1 is 1.15 bits per heavy atom. The zero-order valence-corrected chi connectivity index (χ0v) is 15.6. The molecule has 0 N–H and O–H groups in total. The maximum Gasteiger partial charge on any atom is 0.332 e. The van der Waals surface area contributed by atoms with Crippen LogP contribution in [0.4, 0.5) is 5.13 Å². The molecule has 27 heavy (non-hydrogen) atoms. The first kappa shape index (κ1) is 16.4.